The Morgan fingerprint density at radius 3 is 2.83 bits per heavy atom. The minimum atomic E-state index is -0.322. The molecule has 0 spiro atoms. The lowest BCUT2D eigenvalue weighted by Gasteiger charge is -2.36. The fraction of sp³-hybridized carbons (Fsp3) is 0.692. The van der Waals surface area contributed by atoms with Gasteiger partial charge in [0.15, 0.2) is 5.82 Å². The number of methoxy groups -OCH3 is 1. The van der Waals surface area contributed by atoms with Crippen molar-refractivity contribution in [1.29, 1.82) is 0 Å². The maximum absolute atomic E-state index is 12.5. The summed E-state index contributed by atoms with van der Waals surface area (Å²) in [7, 11) is 3.54. The molecule has 1 aliphatic heterocycles. The smallest absolute Gasteiger partial charge is 0.290 e. The number of hydrogen-bond donors (Lipinski definition) is 0. The molecule has 2 rings (SSSR count). The molecule has 0 radical (unpaired) electrons. The van der Waals surface area contributed by atoms with Crippen molar-refractivity contribution in [2.45, 2.75) is 38.3 Å². The first-order valence-electron chi connectivity index (χ1n) is 6.31. The molecule has 5 heteroatoms. The van der Waals surface area contributed by atoms with E-state index in [9.17, 15) is 4.79 Å². The van der Waals surface area contributed by atoms with Crippen molar-refractivity contribution in [3.05, 3.63) is 18.2 Å². The van der Waals surface area contributed by atoms with Gasteiger partial charge in [-0.25, -0.2) is 4.98 Å². The van der Waals surface area contributed by atoms with Gasteiger partial charge in [0.2, 0.25) is 0 Å². The maximum Gasteiger partial charge on any atom is 0.290 e. The van der Waals surface area contributed by atoms with Crippen molar-refractivity contribution in [2.24, 2.45) is 7.05 Å². The summed E-state index contributed by atoms with van der Waals surface area (Å²) >= 11 is 0. The van der Waals surface area contributed by atoms with E-state index in [-0.39, 0.29) is 17.6 Å². The molecule has 1 atom stereocenters. The van der Waals surface area contributed by atoms with Crippen LogP contribution in [0.2, 0.25) is 0 Å². The van der Waals surface area contributed by atoms with E-state index in [1.807, 2.05) is 25.8 Å². The zero-order chi connectivity index (χ0) is 13.3. The highest BCUT2D eigenvalue weighted by Crippen LogP contribution is 2.30. The van der Waals surface area contributed by atoms with Gasteiger partial charge in [0, 0.05) is 33.1 Å². The molecule has 1 saturated heterocycles. The molecule has 1 aromatic heterocycles. The molecule has 0 N–H and O–H groups in total. The minimum Gasteiger partial charge on any atom is -0.377 e. The van der Waals surface area contributed by atoms with Gasteiger partial charge >= 0.3 is 0 Å². The second-order valence-corrected chi connectivity index (χ2v) is 5.33. The summed E-state index contributed by atoms with van der Waals surface area (Å²) in [4.78, 5) is 18.5. The Balaban J connectivity index is 2.23. The SMILES string of the molecule is COC(C)(C)C1CCCN1C(=O)c1nccn1C. The molecule has 100 valence electrons. The second kappa shape index (κ2) is 4.72. The minimum absolute atomic E-state index is 0.00451. The quantitative estimate of drug-likeness (QED) is 0.817. The summed E-state index contributed by atoms with van der Waals surface area (Å²) in [5.41, 5.74) is -0.322. The third kappa shape index (κ3) is 2.14. The van der Waals surface area contributed by atoms with E-state index in [1.165, 1.54) is 0 Å². The van der Waals surface area contributed by atoms with Crippen molar-refractivity contribution >= 4 is 5.91 Å². The predicted octanol–water partition coefficient (Wildman–Crippen LogP) is 1.45. The average molecular weight is 251 g/mol. The first kappa shape index (κ1) is 13.1. The Bertz CT molecular complexity index is 439. The Kier molecular flexibility index (Phi) is 3.43. The van der Waals surface area contributed by atoms with Crippen molar-refractivity contribution in [3.8, 4) is 0 Å². The molecule has 1 unspecified atom stereocenters. The number of ether oxygens (including phenoxy) is 1. The summed E-state index contributed by atoms with van der Waals surface area (Å²) < 4.78 is 7.29. The molecule has 18 heavy (non-hydrogen) atoms. The van der Waals surface area contributed by atoms with E-state index >= 15 is 0 Å². The number of aromatic nitrogens is 2. The van der Waals surface area contributed by atoms with Gasteiger partial charge in [-0.1, -0.05) is 0 Å². The summed E-state index contributed by atoms with van der Waals surface area (Å²) in [5.74, 6) is 0.490. The number of aryl methyl sites for hydroxylation is 1. The molecule has 1 aromatic rings. The molecular formula is C13H21N3O2. The molecule has 1 fully saturated rings. The Labute approximate surface area is 108 Å². The highest BCUT2D eigenvalue weighted by molar-refractivity contribution is 5.91. The van der Waals surface area contributed by atoms with Crippen LogP contribution in [0, 0.1) is 0 Å². The van der Waals surface area contributed by atoms with E-state index in [4.69, 9.17) is 4.74 Å². The summed E-state index contributed by atoms with van der Waals surface area (Å²) in [6.07, 6.45) is 5.45. The number of imidazole rings is 1. The summed E-state index contributed by atoms with van der Waals surface area (Å²) in [6.45, 7) is 4.84. The normalized spacial score (nSPS) is 20.4. The van der Waals surface area contributed by atoms with Crippen LogP contribution in [-0.2, 0) is 11.8 Å². The van der Waals surface area contributed by atoms with E-state index in [1.54, 1.807) is 24.1 Å². The van der Waals surface area contributed by atoms with Crippen LogP contribution in [0.5, 0.6) is 0 Å². The summed E-state index contributed by atoms with van der Waals surface area (Å²) in [6, 6.07) is 0.117. The van der Waals surface area contributed by atoms with E-state index in [2.05, 4.69) is 4.98 Å². The van der Waals surface area contributed by atoms with E-state index in [0.717, 1.165) is 19.4 Å². The lowest BCUT2D eigenvalue weighted by Crippen LogP contribution is -2.49. The number of amides is 1. The zero-order valence-corrected chi connectivity index (χ0v) is 11.5. The zero-order valence-electron chi connectivity index (χ0n) is 11.5. The van der Waals surface area contributed by atoms with Crippen LogP contribution >= 0.6 is 0 Å². The topological polar surface area (TPSA) is 47.4 Å². The molecule has 0 saturated carbocycles. The van der Waals surface area contributed by atoms with Crippen molar-refractivity contribution in [1.82, 2.24) is 14.5 Å². The number of hydrogen-bond acceptors (Lipinski definition) is 3. The second-order valence-electron chi connectivity index (χ2n) is 5.33. The van der Waals surface area contributed by atoms with Gasteiger partial charge in [0.05, 0.1) is 11.6 Å². The van der Waals surface area contributed by atoms with Crippen molar-refractivity contribution in [3.63, 3.8) is 0 Å². The van der Waals surface area contributed by atoms with Crippen molar-refractivity contribution in [2.75, 3.05) is 13.7 Å². The number of carbonyl (C=O) groups is 1. The van der Waals surface area contributed by atoms with Gasteiger partial charge in [-0.15, -0.1) is 0 Å². The van der Waals surface area contributed by atoms with Gasteiger partial charge in [0.1, 0.15) is 0 Å². The fourth-order valence-corrected chi connectivity index (χ4v) is 2.57. The number of carbonyl (C=O) groups excluding carboxylic acids is 1. The third-order valence-electron chi connectivity index (χ3n) is 3.85. The molecule has 2 heterocycles. The van der Waals surface area contributed by atoms with Crippen molar-refractivity contribution < 1.29 is 9.53 Å². The highest BCUT2D eigenvalue weighted by atomic mass is 16.5. The molecule has 1 aliphatic rings. The van der Waals surface area contributed by atoms with E-state index in [0.29, 0.717) is 5.82 Å². The van der Waals surface area contributed by atoms with Gasteiger partial charge in [0.25, 0.3) is 5.91 Å². The monoisotopic (exact) mass is 251 g/mol. The van der Waals surface area contributed by atoms with Crippen LogP contribution in [-0.4, -0.2) is 45.7 Å². The van der Waals surface area contributed by atoms with Crippen LogP contribution < -0.4 is 0 Å². The Morgan fingerprint density at radius 2 is 2.28 bits per heavy atom. The molecule has 0 aliphatic carbocycles. The summed E-state index contributed by atoms with van der Waals surface area (Å²) in [5, 5.41) is 0. The largest absolute Gasteiger partial charge is 0.377 e. The molecule has 5 nitrogen and oxygen atoms in total. The number of rotatable bonds is 3. The predicted molar refractivity (Wildman–Crippen MR) is 68.4 cm³/mol. The lowest BCUT2D eigenvalue weighted by atomic mass is 9.96. The standard InChI is InChI=1S/C13H21N3O2/c1-13(2,18-4)10-6-5-8-16(10)12(17)11-14-7-9-15(11)3/h7,9-10H,5-6,8H2,1-4H3. The van der Waals surface area contributed by atoms with Gasteiger partial charge < -0.3 is 14.2 Å². The van der Waals surface area contributed by atoms with E-state index < -0.39 is 0 Å². The van der Waals surface area contributed by atoms with Crippen LogP contribution in [0.3, 0.4) is 0 Å². The molecule has 0 bridgehead atoms. The fourth-order valence-electron chi connectivity index (χ4n) is 2.57. The lowest BCUT2D eigenvalue weighted by molar-refractivity contribution is -0.0347. The van der Waals surface area contributed by atoms with Crippen LogP contribution in [0.1, 0.15) is 37.3 Å². The average Bonchev–Trinajstić information content (AvgIpc) is 2.96. The Hall–Kier alpha value is -1.36. The van der Waals surface area contributed by atoms with Gasteiger partial charge in [-0.05, 0) is 26.7 Å². The first-order chi connectivity index (χ1) is 8.47. The molecule has 0 aromatic carbocycles. The van der Waals surface area contributed by atoms with Gasteiger partial charge in [-0.3, -0.25) is 4.79 Å². The Morgan fingerprint density at radius 1 is 1.56 bits per heavy atom. The molecule has 1 amide bonds. The van der Waals surface area contributed by atoms with Crippen LogP contribution in [0.15, 0.2) is 12.4 Å². The van der Waals surface area contributed by atoms with Crippen LogP contribution in [0.25, 0.3) is 0 Å². The highest BCUT2D eigenvalue weighted by Gasteiger charge is 2.40. The number of nitrogens with zero attached hydrogens (tertiary/aromatic N) is 3. The third-order valence-corrected chi connectivity index (χ3v) is 3.85. The maximum atomic E-state index is 12.5. The van der Waals surface area contributed by atoms with Gasteiger partial charge in [-0.2, -0.15) is 0 Å². The molecular weight excluding hydrogens is 230 g/mol. The van der Waals surface area contributed by atoms with Crippen LogP contribution in [0.4, 0.5) is 0 Å². The number of likely N-dealkylation sites (tertiary alicyclic amines) is 1. The first-order valence-corrected chi connectivity index (χ1v) is 6.31.